The second-order valence-corrected chi connectivity index (χ2v) is 6.35. The smallest absolute Gasteiger partial charge is 0.191 e. The molecular weight excluding hydrogens is 484 g/mol. The lowest BCUT2D eigenvalue weighted by Gasteiger charge is -2.10. The quantitative estimate of drug-likeness (QED) is 0.207. The van der Waals surface area contributed by atoms with Gasteiger partial charge in [0.25, 0.3) is 0 Å². The first-order valence-electron chi connectivity index (χ1n) is 9.66. The second-order valence-electron chi connectivity index (χ2n) is 6.35. The Morgan fingerprint density at radius 3 is 2.59 bits per heavy atom. The number of nitrogen functional groups attached to an aromatic ring is 1. The van der Waals surface area contributed by atoms with Crippen molar-refractivity contribution in [2.45, 2.75) is 39.5 Å². The summed E-state index contributed by atoms with van der Waals surface area (Å²) in [5.41, 5.74) is 7.69. The van der Waals surface area contributed by atoms with Gasteiger partial charge in [0.2, 0.25) is 0 Å². The van der Waals surface area contributed by atoms with Gasteiger partial charge in [-0.15, -0.1) is 24.0 Å². The predicted octanol–water partition coefficient (Wildman–Crippen LogP) is 3.37. The van der Waals surface area contributed by atoms with Crippen LogP contribution in [0.15, 0.2) is 29.3 Å². The van der Waals surface area contributed by atoms with E-state index in [0.29, 0.717) is 29.9 Å². The molecule has 0 fully saturated rings. The van der Waals surface area contributed by atoms with Crippen molar-refractivity contribution in [3.05, 3.63) is 41.3 Å². The Hall–Kier alpha value is -2.35. The fourth-order valence-corrected chi connectivity index (χ4v) is 2.72. The SMILES string of the molecule is CCCCNC(=NCCCc1nn(-c2ccc(F)cc2)c(N)c1C#N)NCC.I. The van der Waals surface area contributed by atoms with Crippen molar-refractivity contribution in [2.24, 2.45) is 4.99 Å². The molecule has 0 saturated heterocycles. The minimum Gasteiger partial charge on any atom is -0.382 e. The summed E-state index contributed by atoms with van der Waals surface area (Å²) in [6, 6.07) is 7.97. The lowest BCUT2D eigenvalue weighted by molar-refractivity contribution is 0.627. The highest BCUT2D eigenvalue weighted by Crippen LogP contribution is 2.21. The van der Waals surface area contributed by atoms with E-state index in [1.807, 2.05) is 6.92 Å². The summed E-state index contributed by atoms with van der Waals surface area (Å²) in [7, 11) is 0. The number of guanidine groups is 1. The molecule has 1 aromatic heterocycles. The molecule has 29 heavy (non-hydrogen) atoms. The topological polar surface area (TPSA) is 104 Å². The first-order chi connectivity index (χ1) is 13.6. The molecule has 0 amide bonds. The summed E-state index contributed by atoms with van der Waals surface area (Å²) in [5.74, 6) is 0.729. The molecule has 2 rings (SSSR count). The van der Waals surface area contributed by atoms with Crippen molar-refractivity contribution in [3.8, 4) is 11.8 Å². The van der Waals surface area contributed by atoms with Gasteiger partial charge in [-0.1, -0.05) is 13.3 Å². The van der Waals surface area contributed by atoms with Gasteiger partial charge in [-0.3, -0.25) is 4.99 Å². The Morgan fingerprint density at radius 2 is 1.97 bits per heavy atom. The van der Waals surface area contributed by atoms with Gasteiger partial charge in [0.15, 0.2) is 5.96 Å². The van der Waals surface area contributed by atoms with Crippen molar-refractivity contribution in [3.63, 3.8) is 0 Å². The number of nitriles is 1. The molecule has 158 valence electrons. The van der Waals surface area contributed by atoms with E-state index in [9.17, 15) is 9.65 Å². The summed E-state index contributed by atoms with van der Waals surface area (Å²) in [4.78, 5) is 4.56. The van der Waals surface area contributed by atoms with Crippen LogP contribution in [-0.2, 0) is 6.42 Å². The van der Waals surface area contributed by atoms with Gasteiger partial charge in [0, 0.05) is 19.6 Å². The zero-order chi connectivity index (χ0) is 20.4. The third-order valence-electron chi connectivity index (χ3n) is 4.19. The number of rotatable bonds is 9. The fourth-order valence-electron chi connectivity index (χ4n) is 2.72. The molecule has 1 heterocycles. The third kappa shape index (κ3) is 7.20. The van der Waals surface area contributed by atoms with E-state index < -0.39 is 0 Å². The molecule has 0 atom stereocenters. The van der Waals surface area contributed by atoms with Gasteiger partial charge in [-0.05, 0) is 50.5 Å². The first kappa shape index (κ1) is 24.7. The van der Waals surface area contributed by atoms with E-state index in [0.717, 1.165) is 38.3 Å². The van der Waals surface area contributed by atoms with Crippen molar-refractivity contribution < 1.29 is 4.39 Å². The van der Waals surface area contributed by atoms with E-state index in [4.69, 9.17) is 5.73 Å². The van der Waals surface area contributed by atoms with Crippen LogP contribution in [0, 0.1) is 17.1 Å². The number of aliphatic imine (C=N–C) groups is 1. The maximum Gasteiger partial charge on any atom is 0.191 e. The van der Waals surface area contributed by atoms with Gasteiger partial charge >= 0.3 is 0 Å². The van der Waals surface area contributed by atoms with Crippen LogP contribution in [0.25, 0.3) is 5.69 Å². The van der Waals surface area contributed by atoms with Crippen LogP contribution in [0.3, 0.4) is 0 Å². The van der Waals surface area contributed by atoms with Crippen LogP contribution in [0.2, 0.25) is 0 Å². The number of hydrogen-bond donors (Lipinski definition) is 3. The molecule has 2 aromatic rings. The number of unbranched alkanes of at least 4 members (excludes halogenated alkanes) is 1. The average molecular weight is 513 g/mol. The van der Waals surface area contributed by atoms with Crippen molar-refractivity contribution in [2.75, 3.05) is 25.4 Å². The van der Waals surface area contributed by atoms with E-state index in [-0.39, 0.29) is 35.6 Å². The molecule has 1 aromatic carbocycles. The molecule has 0 unspecified atom stereocenters. The summed E-state index contributed by atoms with van der Waals surface area (Å²) < 4.78 is 14.6. The van der Waals surface area contributed by atoms with E-state index in [1.165, 1.54) is 16.8 Å². The zero-order valence-corrected chi connectivity index (χ0v) is 19.2. The maximum absolute atomic E-state index is 13.1. The van der Waals surface area contributed by atoms with E-state index in [2.05, 4.69) is 33.7 Å². The van der Waals surface area contributed by atoms with Crippen LogP contribution in [0.5, 0.6) is 0 Å². The third-order valence-corrected chi connectivity index (χ3v) is 4.19. The van der Waals surface area contributed by atoms with Crippen molar-refractivity contribution >= 4 is 35.8 Å². The predicted molar refractivity (Wildman–Crippen MR) is 125 cm³/mol. The molecule has 4 N–H and O–H groups in total. The summed E-state index contributed by atoms with van der Waals surface area (Å²) in [5, 5.41) is 20.4. The monoisotopic (exact) mass is 513 g/mol. The second kappa shape index (κ2) is 13.0. The Balaban J connectivity index is 0.00000420. The van der Waals surface area contributed by atoms with Gasteiger partial charge in [-0.2, -0.15) is 10.4 Å². The molecule has 0 bridgehead atoms. The largest absolute Gasteiger partial charge is 0.382 e. The molecule has 0 aliphatic heterocycles. The Labute approximate surface area is 188 Å². The number of nitrogens with two attached hydrogens (primary N) is 1. The molecule has 0 radical (unpaired) electrons. The van der Waals surface area contributed by atoms with Crippen molar-refractivity contribution in [1.82, 2.24) is 20.4 Å². The summed E-state index contributed by atoms with van der Waals surface area (Å²) >= 11 is 0. The lowest BCUT2D eigenvalue weighted by atomic mass is 10.1. The molecule has 7 nitrogen and oxygen atoms in total. The van der Waals surface area contributed by atoms with Gasteiger partial charge in [-0.25, -0.2) is 9.07 Å². The van der Waals surface area contributed by atoms with Crippen LogP contribution in [0.1, 0.15) is 44.4 Å². The number of benzene rings is 1. The van der Waals surface area contributed by atoms with E-state index in [1.54, 1.807) is 12.1 Å². The molecule has 0 saturated carbocycles. The van der Waals surface area contributed by atoms with Gasteiger partial charge in [0.1, 0.15) is 23.3 Å². The number of anilines is 1. The number of nitrogens with one attached hydrogen (secondary N) is 2. The number of halogens is 2. The van der Waals surface area contributed by atoms with Crippen LogP contribution >= 0.6 is 24.0 Å². The Kier molecular flexibility index (Phi) is 11.1. The molecule has 0 aliphatic carbocycles. The van der Waals surface area contributed by atoms with Gasteiger partial charge < -0.3 is 16.4 Å². The molecule has 0 aliphatic rings. The lowest BCUT2D eigenvalue weighted by Crippen LogP contribution is -2.37. The normalized spacial score (nSPS) is 10.9. The van der Waals surface area contributed by atoms with Crippen LogP contribution in [-0.4, -0.2) is 35.4 Å². The maximum atomic E-state index is 13.1. The number of aromatic nitrogens is 2. The van der Waals surface area contributed by atoms with E-state index >= 15 is 0 Å². The summed E-state index contributed by atoms with van der Waals surface area (Å²) in [6.45, 7) is 6.47. The minimum atomic E-state index is -0.336. The standard InChI is InChI=1S/C20H28FN7.HI/c1-3-5-12-25-20(24-4-2)26-13-6-7-18-17(14-22)19(23)28(27-18)16-10-8-15(21)9-11-16;/h8-11H,3-7,12-13,23H2,1-2H3,(H2,24,25,26);1H. The fraction of sp³-hybridized carbons (Fsp3) is 0.450. The average Bonchev–Trinajstić information content (AvgIpc) is 3.01. The highest BCUT2D eigenvalue weighted by atomic mass is 127. The highest BCUT2D eigenvalue weighted by molar-refractivity contribution is 14.0. The first-order valence-corrected chi connectivity index (χ1v) is 9.66. The zero-order valence-electron chi connectivity index (χ0n) is 16.9. The Morgan fingerprint density at radius 1 is 1.24 bits per heavy atom. The number of hydrogen-bond acceptors (Lipinski definition) is 4. The number of aryl methyl sites for hydroxylation is 1. The van der Waals surface area contributed by atoms with Crippen LogP contribution < -0.4 is 16.4 Å². The van der Waals surface area contributed by atoms with Crippen LogP contribution in [0.4, 0.5) is 10.2 Å². The summed E-state index contributed by atoms with van der Waals surface area (Å²) in [6.07, 6.45) is 3.54. The molecule has 0 spiro atoms. The number of nitrogens with zero attached hydrogens (tertiary/aromatic N) is 4. The molecular formula is C20H29FIN7. The minimum absolute atomic E-state index is 0. The van der Waals surface area contributed by atoms with Gasteiger partial charge in [0.05, 0.1) is 11.4 Å². The Bertz CT molecular complexity index is 825. The molecule has 9 heteroatoms. The van der Waals surface area contributed by atoms with Crippen molar-refractivity contribution in [1.29, 1.82) is 5.26 Å². The highest BCUT2D eigenvalue weighted by Gasteiger charge is 2.16.